The Morgan fingerprint density at radius 1 is 1.18 bits per heavy atom. The van der Waals surface area contributed by atoms with Crippen molar-refractivity contribution in [2.24, 2.45) is 11.8 Å². The van der Waals surface area contributed by atoms with Crippen LogP contribution in [-0.4, -0.2) is 46.2 Å². The lowest BCUT2D eigenvalue weighted by atomic mass is 9.87. The maximum absolute atomic E-state index is 12.8. The van der Waals surface area contributed by atoms with Gasteiger partial charge in [0.2, 0.25) is 11.8 Å². The third-order valence-corrected chi connectivity index (χ3v) is 7.01. The molecule has 1 aromatic carbocycles. The van der Waals surface area contributed by atoms with E-state index in [1.165, 1.54) is 11.1 Å². The van der Waals surface area contributed by atoms with Crippen molar-refractivity contribution in [2.45, 2.75) is 39.7 Å². The van der Waals surface area contributed by atoms with E-state index in [2.05, 4.69) is 24.0 Å². The van der Waals surface area contributed by atoms with Gasteiger partial charge in [-0.15, -0.1) is 11.3 Å². The number of benzene rings is 1. The number of aryl methyl sites for hydroxylation is 3. The monoisotopic (exact) mass is 397 g/mol. The largest absolute Gasteiger partial charge is 0.342 e. The molecule has 0 bridgehead atoms. The van der Waals surface area contributed by atoms with E-state index in [0.29, 0.717) is 24.7 Å². The standard InChI is InChI=1S/C22H27N3O2S/c1-14-6-4-5-7-19(14)22-20-12-24(10-17(20)11-25(22)16(3)26)21(27)9-8-18-13-28-15(2)23-18/h4-7,13,17,20,22H,8-12H2,1-3H3/t17-,20-,22-/m1/s1. The smallest absolute Gasteiger partial charge is 0.222 e. The molecule has 2 aromatic rings. The summed E-state index contributed by atoms with van der Waals surface area (Å²) in [7, 11) is 0. The number of fused-ring (bicyclic) bond motifs is 1. The minimum atomic E-state index is 0.0719. The molecule has 0 saturated carbocycles. The summed E-state index contributed by atoms with van der Waals surface area (Å²) in [4.78, 5) is 33.6. The van der Waals surface area contributed by atoms with Crippen molar-refractivity contribution in [3.05, 3.63) is 51.5 Å². The summed E-state index contributed by atoms with van der Waals surface area (Å²) in [6, 6.07) is 8.39. The van der Waals surface area contributed by atoms with Crippen molar-refractivity contribution in [2.75, 3.05) is 19.6 Å². The Hall–Kier alpha value is -2.21. The van der Waals surface area contributed by atoms with Crippen LogP contribution in [0.25, 0.3) is 0 Å². The molecule has 2 amide bonds. The molecule has 6 heteroatoms. The van der Waals surface area contributed by atoms with Gasteiger partial charge in [-0.1, -0.05) is 24.3 Å². The first kappa shape index (κ1) is 19.1. The molecular weight excluding hydrogens is 370 g/mol. The minimum Gasteiger partial charge on any atom is -0.342 e. The molecule has 2 saturated heterocycles. The van der Waals surface area contributed by atoms with Crippen LogP contribution in [0, 0.1) is 25.7 Å². The molecule has 0 aliphatic carbocycles. The van der Waals surface area contributed by atoms with Gasteiger partial charge in [0, 0.05) is 50.2 Å². The molecule has 148 valence electrons. The number of rotatable bonds is 4. The third-order valence-electron chi connectivity index (χ3n) is 6.19. The lowest BCUT2D eigenvalue weighted by Crippen LogP contribution is -2.36. The fourth-order valence-corrected chi connectivity index (χ4v) is 5.45. The highest BCUT2D eigenvalue weighted by molar-refractivity contribution is 7.09. The Bertz CT molecular complexity index is 893. The number of thiazole rings is 1. The molecule has 1 aromatic heterocycles. The second-order valence-electron chi connectivity index (χ2n) is 8.05. The maximum atomic E-state index is 12.8. The van der Waals surface area contributed by atoms with Crippen molar-refractivity contribution in [3.63, 3.8) is 0 Å². The summed E-state index contributed by atoms with van der Waals surface area (Å²) >= 11 is 1.63. The van der Waals surface area contributed by atoms with E-state index in [-0.39, 0.29) is 17.9 Å². The summed E-state index contributed by atoms with van der Waals surface area (Å²) in [5, 5.41) is 3.09. The predicted molar refractivity (Wildman–Crippen MR) is 110 cm³/mol. The Kier molecular flexibility index (Phi) is 5.23. The average molecular weight is 398 g/mol. The van der Waals surface area contributed by atoms with Crippen LogP contribution >= 0.6 is 11.3 Å². The molecule has 3 atom stereocenters. The van der Waals surface area contributed by atoms with Crippen LogP contribution in [-0.2, 0) is 16.0 Å². The first-order chi connectivity index (χ1) is 13.4. The van der Waals surface area contributed by atoms with Crippen LogP contribution in [0.5, 0.6) is 0 Å². The van der Waals surface area contributed by atoms with Gasteiger partial charge in [-0.3, -0.25) is 9.59 Å². The van der Waals surface area contributed by atoms with Gasteiger partial charge in [-0.05, 0) is 31.4 Å². The third kappa shape index (κ3) is 3.58. The van der Waals surface area contributed by atoms with E-state index in [0.717, 1.165) is 30.3 Å². The van der Waals surface area contributed by atoms with Crippen LogP contribution in [0.4, 0.5) is 0 Å². The zero-order chi connectivity index (χ0) is 19.8. The Labute approximate surface area is 170 Å². The second kappa shape index (κ2) is 7.66. The molecule has 2 aliphatic heterocycles. The van der Waals surface area contributed by atoms with Gasteiger partial charge >= 0.3 is 0 Å². The summed E-state index contributed by atoms with van der Waals surface area (Å²) < 4.78 is 0. The first-order valence-corrected chi connectivity index (χ1v) is 10.8. The van der Waals surface area contributed by atoms with Gasteiger partial charge in [0.1, 0.15) is 0 Å². The van der Waals surface area contributed by atoms with Crippen LogP contribution in [0.15, 0.2) is 29.6 Å². The van der Waals surface area contributed by atoms with Gasteiger partial charge in [0.05, 0.1) is 16.7 Å². The molecule has 28 heavy (non-hydrogen) atoms. The number of hydrogen-bond acceptors (Lipinski definition) is 4. The fourth-order valence-electron chi connectivity index (χ4n) is 4.81. The zero-order valence-electron chi connectivity index (χ0n) is 16.7. The lowest BCUT2D eigenvalue weighted by molar-refractivity contribution is -0.131. The second-order valence-corrected chi connectivity index (χ2v) is 9.12. The number of amides is 2. The van der Waals surface area contributed by atoms with Crippen molar-refractivity contribution in [1.82, 2.24) is 14.8 Å². The first-order valence-electron chi connectivity index (χ1n) is 9.95. The molecule has 2 aliphatic rings. The lowest BCUT2D eigenvalue weighted by Gasteiger charge is -2.30. The molecule has 0 radical (unpaired) electrons. The molecule has 0 N–H and O–H groups in total. The topological polar surface area (TPSA) is 53.5 Å². The van der Waals surface area contributed by atoms with E-state index in [1.54, 1.807) is 18.3 Å². The van der Waals surface area contributed by atoms with E-state index in [9.17, 15) is 9.59 Å². The highest BCUT2D eigenvalue weighted by Gasteiger charge is 2.49. The van der Waals surface area contributed by atoms with Crippen molar-refractivity contribution in [1.29, 1.82) is 0 Å². The van der Waals surface area contributed by atoms with Crippen molar-refractivity contribution < 1.29 is 9.59 Å². The summed E-state index contributed by atoms with van der Waals surface area (Å²) in [5.74, 6) is 1.01. The van der Waals surface area contributed by atoms with Gasteiger partial charge < -0.3 is 9.80 Å². The number of aromatic nitrogens is 1. The number of hydrogen-bond donors (Lipinski definition) is 0. The zero-order valence-corrected chi connectivity index (χ0v) is 17.5. The van der Waals surface area contributed by atoms with Crippen LogP contribution < -0.4 is 0 Å². The van der Waals surface area contributed by atoms with Gasteiger partial charge in [-0.25, -0.2) is 4.98 Å². The number of likely N-dealkylation sites (tertiary alicyclic amines) is 2. The van der Waals surface area contributed by atoms with Crippen molar-refractivity contribution >= 4 is 23.2 Å². The van der Waals surface area contributed by atoms with Crippen molar-refractivity contribution in [3.8, 4) is 0 Å². The fraction of sp³-hybridized carbons (Fsp3) is 0.500. The number of carbonyl (C=O) groups excluding carboxylic acids is 2. The highest BCUT2D eigenvalue weighted by atomic mass is 32.1. The Balaban J connectivity index is 1.47. The SMILES string of the molecule is CC(=O)N1C[C@H]2CN(C(=O)CCc3csc(C)n3)C[C@H]2[C@H]1c1ccccc1C. The molecule has 5 nitrogen and oxygen atoms in total. The molecular formula is C22H27N3O2S. The van der Waals surface area contributed by atoms with E-state index >= 15 is 0 Å². The maximum Gasteiger partial charge on any atom is 0.222 e. The summed E-state index contributed by atoms with van der Waals surface area (Å²) in [5.41, 5.74) is 3.44. The molecule has 0 spiro atoms. The molecule has 4 rings (SSSR count). The molecule has 3 heterocycles. The van der Waals surface area contributed by atoms with Crippen LogP contribution in [0.3, 0.4) is 0 Å². The summed E-state index contributed by atoms with van der Waals surface area (Å²) in [6.07, 6.45) is 1.21. The number of carbonyl (C=O) groups is 2. The van der Waals surface area contributed by atoms with Gasteiger partial charge in [0.25, 0.3) is 0 Å². The highest BCUT2D eigenvalue weighted by Crippen LogP contribution is 2.45. The van der Waals surface area contributed by atoms with E-state index < -0.39 is 0 Å². The van der Waals surface area contributed by atoms with E-state index in [1.807, 2.05) is 34.2 Å². The van der Waals surface area contributed by atoms with Crippen LogP contribution in [0.2, 0.25) is 0 Å². The Morgan fingerprint density at radius 2 is 1.96 bits per heavy atom. The Morgan fingerprint density at radius 3 is 2.64 bits per heavy atom. The summed E-state index contributed by atoms with van der Waals surface area (Å²) in [6.45, 7) is 7.99. The quantitative estimate of drug-likeness (QED) is 0.795. The predicted octanol–water partition coefficient (Wildman–Crippen LogP) is 3.37. The van der Waals surface area contributed by atoms with E-state index in [4.69, 9.17) is 0 Å². The van der Waals surface area contributed by atoms with Gasteiger partial charge in [0.15, 0.2) is 0 Å². The average Bonchev–Trinajstić information content (AvgIpc) is 3.34. The molecule has 2 fully saturated rings. The molecule has 0 unspecified atom stereocenters. The minimum absolute atomic E-state index is 0.0719. The van der Waals surface area contributed by atoms with Gasteiger partial charge in [-0.2, -0.15) is 0 Å². The number of nitrogens with zero attached hydrogens (tertiary/aromatic N) is 3. The van der Waals surface area contributed by atoms with Crippen LogP contribution in [0.1, 0.15) is 41.2 Å². The normalized spacial score (nSPS) is 23.9.